The van der Waals surface area contributed by atoms with Crippen LogP contribution >= 0.6 is 15.9 Å². The van der Waals surface area contributed by atoms with Crippen molar-refractivity contribution in [2.24, 2.45) is 16.2 Å². The third-order valence-corrected chi connectivity index (χ3v) is 7.98. The molecule has 26 heavy (non-hydrogen) atoms. The monoisotopic (exact) mass is 421 g/mol. The molecule has 0 aliphatic heterocycles. The van der Waals surface area contributed by atoms with Crippen LogP contribution in [0.5, 0.6) is 0 Å². The number of Topliss-reactive ketones (excluding diaryl/α,β-unsaturated/α-hetero) is 1. The minimum Gasteiger partial charge on any atom is -0.462 e. The van der Waals surface area contributed by atoms with Crippen molar-refractivity contribution in [3.63, 3.8) is 0 Å². The fourth-order valence-electron chi connectivity index (χ4n) is 4.60. The van der Waals surface area contributed by atoms with E-state index in [-0.39, 0.29) is 11.7 Å². The summed E-state index contributed by atoms with van der Waals surface area (Å²) in [5.41, 5.74) is -0.683. The third-order valence-electron chi connectivity index (χ3n) is 6.78. The molecular weight excluding hydrogens is 398 g/mol. The van der Waals surface area contributed by atoms with Gasteiger partial charge in [-0.3, -0.25) is 9.59 Å². The van der Waals surface area contributed by atoms with Crippen LogP contribution in [0, 0.1) is 16.2 Å². The average Bonchev–Trinajstić information content (AvgIpc) is 2.87. The molecule has 5 nitrogen and oxygen atoms in total. The quantitative estimate of drug-likeness (QED) is 0.589. The Bertz CT molecular complexity index is 773. The molecule has 2 fully saturated rings. The summed E-state index contributed by atoms with van der Waals surface area (Å²) in [5.74, 6) is -0.428. The lowest BCUT2D eigenvalue weighted by Crippen LogP contribution is -2.47. The van der Waals surface area contributed by atoms with Crippen molar-refractivity contribution in [1.29, 1.82) is 0 Å². The van der Waals surface area contributed by atoms with E-state index >= 15 is 0 Å². The fraction of sp³-hybridized carbons (Fsp3) is 0.550. The van der Waals surface area contributed by atoms with Gasteiger partial charge in [0.05, 0.1) is 22.4 Å². The standard InChI is InChI=1S/C20H24BrNO4/c1-5-26-16(24)12-6-8-13(9-7-12)22-17(25)20-11-10-19(4,18(20,2)3)15(23)14(20)21/h6-9,14H,5,10-11H2,1-4H3,(H,22,25)/t14-,19?,20?/m1/s1. The van der Waals surface area contributed by atoms with Crippen molar-refractivity contribution in [3.8, 4) is 0 Å². The molecule has 1 aromatic rings. The Morgan fingerprint density at radius 3 is 2.31 bits per heavy atom. The molecule has 140 valence electrons. The number of carbonyl (C=O) groups excluding carboxylic acids is 3. The molecule has 0 aromatic heterocycles. The van der Waals surface area contributed by atoms with Gasteiger partial charge in [-0.25, -0.2) is 4.79 Å². The van der Waals surface area contributed by atoms with E-state index in [1.54, 1.807) is 31.2 Å². The summed E-state index contributed by atoms with van der Waals surface area (Å²) < 4.78 is 4.96. The van der Waals surface area contributed by atoms with Crippen LogP contribution in [-0.2, 0) is 14.3 Å². The summed E-state index contributed by atoms with van der Waals surface area (Å²) in [6.45, 7) is 8.07. The Hall–Kier alpha value is -1.69. The molecule has 0 spiro atoms. The Morgan fingerprint density at radius 2 is 1.81 bits per heavy atom. The summed E-state index contributed by atoms with van der Waals surface area (Å²) in [7, 11) is 0. The van der Waals surface area contributed by atoms with Crippen molar-refractivity contribution in [2.45, 2.75) is 45.4 Å². The number of benzene rings is 1. The summed E-state index contributed by atoms with van der Waals surface area (Å²) in [5, 5.41) is 2.95. The lowest BCUT2D eigenvalue weighted by atomic mass is 9.64. The first-order chi connectivity index (χ1) is 12.1. The number of hydrogen-bond donors (Lipinski definition) is 1. The molecule has 0 saturated heterocycles. The minimum absolute atomic E-state index is 0.113. The number of nitrogens with one attached hydrogen (secondary N) is 1. The van der Waals surface area contributed by atoms with E-state index in [9.17, 15) is 14.4 Å². The van der Waals surface area contributed by atoms with Crippen LogP contribution in [0.15, 0.2) is 24.3 Å². The third kappa shape index (κ3) is 2.30. The van der Waals surface area contributed by atoms with Crippen LogP contribution in [-0.4, -0.2) is 29.1 Å². The predicted octanol–water partition coefficient (Wildman–Crippen LogP) is 3.96. The summed E-state index contributed by atoms with van der Waals surface area (Å²) in [6, 6.07) is 6.62. The number of halogens is 1. The molecule has 2 aliphatic carbocycles. The first-order valence-corrected chi connectivity index (χ1v) is 9.80. The highest BCUT2D eigenvalue weighted by Crippen LogP contribution is 2.72. The zero-order valence-corrected chi connectivity index (χ0v) is 17.1. The molecule has 2 bridgehead atoms. The van der Waals surface area contributed by atoms with Gasteiger partial charge in [0.2, 0.25) is 5.91 Å². The number of hydrogen-bond acceptors (Lipinski definition) is 4. The summed E-state index contributed by atoms with van der Waals surface area (Å²) >= 11 is 3.52. The molecule has 0 heterocycles. The molecule has 3 rings (SSSR count). The molecule has 3 atom stereocenters. The van der Waals surface area contributed by atoms with Gasteiger partial charge in [0.25, 0.3) is 0 Å². The number of alkyl halides is 1. The van der Waals surface area contributed by atoms with Gasteiger partial charge >= 0.3 is 5.97 Å². The molecule has 0 radical (unpaired) electrons. The number of esters is 1. The molecule has 1 aromatic carbocycles. The number of rotatable bonds is 4. The second-order valence-corrected chi connectivity index (χ2v) is 8.82. The summed E-state index contributed by atoms with van der Waals surface area (Å²) in [6.07, 6.45) is 1.39. The van der Waals surface area contributed by atoms with Crippen LogP contribution in [0.25, 0.3) is 0 Å². The van der Waals surface area contributed by atoms with Crippen molar-refractivity contribution in [2.75, 3.05) is 11.9 Å². The van der Waals surface area contributed by atoms with E-state index in [0.717, 1.165) is 6.42 Å². The van der Waals surface area contributed by atoms with E-state index in [2.05, 4.69) is 21.2 Å². The second kappa shape index (κ2) is 6.19. The van der Waals surface area contributed by atoms with Crippen LogP contribution in [0.3, 0.4) is 0 Å². The number of anilines is 1. The Kier molecular flexibility index (Phi) is 4.54. The number of fused-ring (bicyclic) bond motifs is 2. The van der Waals surface area contributed by atoms with Gasteiger partial charge in [-0.05, 0) is 49.4 Å². The molecule has 2 saturated carbocycles. The molecule has 1 amide bonds. The fourth-order valence-corrected chi connectivity index (χ4v) is 6.12. The van der Waals surface area contributed by atoms with Gasteiger partial charge in [-0.1, -0.05) is 36.7 Å². The highest BCUT2D eigenvalue weighted by molar-refractivity contribution is 9.10. The van der Waals surface area contributed by atoms with E-state index in [1.165, 1.54) is 0 Å². The number of ether oxygens (including phenoxy) is 1. The van der Waals surface area contributed by atoms with E-state index in [4.69, 9.17) is 4.74 Å². The Balaban J connectivity index is 1.84. The highest BCUT2D eigenvalue weighted by Gasteiger charge is 2.76. The van der Waals surface area contributed by atoms with E-state index in [1.807, 2.05) is 20.8 Å². The smallest absolute Gasteiger partial charge is 0.338 e. The van der Waals surface area contributed by atoms with Gasteiger partial charge in [0.1, 0.15) is 0 Å². The van der Waals surface area contributed by atoms with Crippen LogP contribution in [0.4, 0.5) is 5.69 Å². The SMILES string of the molecule is CCOC(=O)c1ccc(NC(=O)C23CCC(C)(C(=O)[C@H]2Br)C3(C)C)cc1. The van der Waals surface area contributed by atoms with Crippen molar-refractivity contribution in [1.82, 2.24) is 0 Å². The minimum atomic E-state index is -0.779. The largest absolute Gasteiger partial charge is 0.462 e. The molecule has 2 aliphatic rings. The molecule has 1 N–H and O–H groups in total. The van der Waals surface area contributed by atoms with Gasteiger partial charge < -0.3 is 10.1 Å². The normalized spacial score (nSPS) is 31.7. The Labute approximate surface area is 162 Å². The number of carbonyl (C=O) groups is 3. The van der Waals surface area contributed by atoms with Gasteiger partial charge in [-0.15, -0.1) is 0 Å². The maximum atomic E-state index is 13.2. The van der Waals surface area contributed by atoms with Crippen molar-refractivity contribution in [3.05, 3.63) is 29.8 Å². The maximum Gasteiger partial charge on any atom is 0.338 e. The van der Waals surface area contributed by atoms with Crippen LogP contribution in [0.2, 0.25) is 0 Å². The second-order valence-electron chi connectivity index (χ2n) is 7.91. The molecule has 2 unspecified atom stereocenters. The average molecular weight is 422 g/mol. The first kappa shape index (κ1) is 19.1. The zero-order valence-electron chi connectivity index (χ0n) is 15.5. The Morgan fingerprint density at radius 1 is 1.19 bits per heavy atom. The number of ketones is 1. The topological polar surface area (TPSA) is 72.5 Å². The lowest BCUT2D eigenvalue weighted by molar-refractivity contribution is -0.130. The lowest BCUT2D eigenvalue weighted by Gasteiger charge is -2.39. The van der Waals surface area contributed by atoms with Crippen LogP contribution in [0.1, 0.15) is 50.9 Å². The maximum absolute atomic E-state index is 13.2. The van der Waals surface area contributed by atoms with Crippen molar-refractivity contribution < 1.29 is 19.1 Å². The first-order valence-electron chi connectivity index (χ1n) is 8.89. The van der Waals surface area contributed by atoms with Gasteiger partial charge in [0, 0.05) is 11.1 Å². The summed E-state index contributed by atoms with van der Waals surface area (Å²) in [4.78, 5) is 37.3. The highest BCUT2D eigenvalue weighted by atomic mass is 79.9. The molecular formula is C20H24BrNO4. The van der Waals surface area contributed by atoms with Gasteiger partial charge in [-0.2, -0.15) is 0 Å². The molecule has 6 heteroatoms. The zero-order chi connectivity index (χ0) is 19.3. The van der Waals surface area contributed by atoms with E-state index in [0.29, 0.717) is 24.3 Å². The predicted molar refractivity (Wildman–Crippen MR) is 102 cm³/mol. The van der Waals surface area contributed by atoms with E-state index < -0.39 is 27.0 Å². The van der Waals surface area contributed by atoms with Crippen LogP contribution < -0.4 is 5.32 Å². The van der Waals surface area contributed by atoms with Crippen molar-refractivity contribution >= 4 is 39.3 Å². The van der Waals surface area contributed by atoms with Gasteiger partial charge in [0.15, 0.2) is 5.78 Å². The number of amides is 1.